The van der Waals surface area contributed by atoms with Gasteiger partial charge in [0.2, 0.25) is 0 Å². The number of hydrogen-bond donors (Lipinski definition) is 0. The van der Waals surface area contributed by atoms with Gasteiger partial charge in [-0.15, -0.1) is 0 Å². The smallest absolute Gasteiger partial charge is 0.0198 e. The van der Waals surface area contributed by atoms with Crippen LogP contribution >= 0.6 is 0 Å². The van der Waals surface area contributed by atoms with E-state index in [-0.39, 0.29) is 0 Å². The molecule has 0 aromatic heterocycles. The number of aryl methyl sites for hydroxylation is 2. The van der Waals surface area contributed by atoms with E-state index >= 15 is 0 Å². The monoisotopic (exact) mass is 188 g/mol. The summed E-state index contributed by atoms with van der Waals surface area (Å²) in [5, 5.41) is 0. The van der Waals surface area contributed by atoms with E-state index in [1.165, 1.54) is 28.7 Å². The van der Waals surface area contributed by atoms with E-state index < -0.39 is 0 Å². The van der Waals surface area contributed by atoms with Gasteiger partial charge in [0.05, 0.1) is 0 Å². The average Bonchev–Trinajstić information content (AvgIpc) is 2.19. The Morgan fingerprint density at radius 2 is 2.00 bits per heavy atom. The molecule has 0 spiro atoms. The molecule has 0 radical (unpaired) electrons. The lowest BCUT2D eigenvalue weighted by Gasteiger charge is -2.10. The van der Waals surface area contributed by atoms with Crippen molar-refractivity contribution >= 4 is 5.57 Å². The van der Waals surface area contributed by atoms with Crippen LogP contribution in [-0.2, 0) is 6.42 Å². The minimum atomic E-state index is 1.10. The van der Waals surface area contributed by atoms with Crippen molar-refractivity contribution < 1.29 is 0 Å². The molecule has 0 aliphatic heterocycles. The molecule has 0 nitrogen and oxygen atoms in total. The first-order chi connectivity index (χ1) is 6.69. The highest BCUT2D eigenvalue weighted by Crippen LogP contribution is 2.22. The Morgan fingerprint density at radius 1 is 1.29 bits per heavy atom. The van der Waals surface area contributed by atoms with Crippen LogP contribution in [-0.4, -0.2) is 0 Å². The molecular weight excluding hydrogens is 168 g/mol. The van der Waals surface area contributed by atoms with E-state index in [9.17, 15) is 0 Å². The number of benzene rings is 1. The molecule has 0 saturated heterocycles. The molecule has 0 saturated carbocycles. The van der Waals surface area contributed by atoms with Crippen molar-refractivity contribution in [3.8, 4) is 0 Å². The zero-order chi connectivity index (χ0) is 10.6. The molecule has 0 unspecified atom stereocenters. The summed E-state index contributed by atoms with van der Waals surface area (Å²) in [7, 11) is 0. The third-order valence-electron chi connectivity index (χ3n) is 2.64. The predicted molar refractivity (Wildman–Crippen MR) is 64.5 cm³/mol. The molecule has 0 heteroatoms. The highest BCUT2D eigenvalue weighted by Gasteiger charge is 2.02. The Morgan fingerprint density at radius 3 is 2.57 bits per heavy atom. The highest BCUT2D eigenvalue weighted by atomic mass is 14.1. The molecule has 0 aliphatic carbocycles. The van der Waals surface area contributed by atoms with Crippen LogP contribution in [0.4, 0.5) is 0 Å². The number of hydrogen-bond acceptors (Lipinski definition) is 0. The summed E-state index contributed by atoms with van der Waals surface area (Å²) in [6, 6.07) is 6.69. The van der Waals surface area contributed by atoms with Gasteiger partial charge in [0.1, 0.15) is 0 Å². The van der Waals surface area contributed by atoms with Crippen molar-refractivity contribution in [2.24, 2.45) is 0 Å². The zero-order valence-corrected chi connectivity index (χ0v) is 9.56. The van der Waals surface area contributed by atoms with Crippen molar-refractivity contribution in [2.45, 2.75) is 40.0 Å². The lowest BCUT2D eigenvalue weighted by atomic mass is 9.96. The molecule has 0 atom stereocenters. The predicted octanol–water partition coefficient (Wildman–Crippen LogP) is 4.37. The average molecular weight is 188 g/mol. The van der Waals surface area contributed by atoms with E-state index in [4.69, 9.17) is 0 Å². The summed E-state index contributed by atoms with van der Waals surface area (Å²) in [4.78, 5) is 0. The SMILES string of the molecule is C=C(CCC)c1cc(CC)ccc1C. The maximum atomic E-state index is 4.15. The second-order valence-corrected chi connectivity index (χ2v) is 3.86. The van der Waals surface area contributed by atoms with Crippen LogP contribution in [0.25, 0.3) is 5.57 Å². The van der Waals surface area contributed by atoms with Gasteiger partial charge in [0.25, 0.3) is 0 Å². The second kappa shape index (κ2) is 4.99. The standard InChI is InChI=1S/C14H20/c1-5-7-11(3)14-10-13(6-2)9-8-12(14)4/h8-10H,3,5-7H2,1-2,4H3. The Hall–Kier alpha value is -1.04. The van der Waals surface area contributed by atoms with Gasteiger partial charge in [-0.25, -0.2) is 0 Å². The lowest BCUT2D eigenvalue weighted by molar-refractivity contribution is 0.972. The molecule has 1 aromatic carbocycles. The molecule has 0 heterocycles. The summed E-state index contributed by atoms with van der Waals surface area (Å²) in [5.74, 6) is 0. The molecule has 0 fully saturated rings. The van der Waals surface area contributed by atoms with Gasteiger partial charge >= 0.3 is 0 Å². The van der Waals surface area contributed by atoms with E-state index in [0.717, 1.165) is 12.8 Å². The first-order valence-corrected chi connectivity index (χ1v) is 5.46. The van der Waals surface area contributed by atoms with Gasteiger partial charge in [-0.05, 0) is 42.0 Å². The van der Waals surface area contributed by atoms with Gasteiger partial charge < -0.3 is 0 Å². The van der Waals surface area contributed by atoms with E-state index in [2.05, 4.69) is 45.5 Å². The molecule has 14 heavy (non-hydrogen) atoms. The molecule has 1 aromatic rings. The Balaban J connectivity index is 2.99. The molecule has 0 aliphatic rings. The fourth-order valence-electron chi connectivity index (χ4n) is 1.71. The zero-order valence-electron chi connectivity index (χ0n) is 9.56. The summed E-state index contributed by atoms with van der Waals surface area (Å²) in [6.45, 7) is 10.7. The summed E-state index contributed by atoms with van der Waals surface area (Å²) in [6.07, 6.45) is 3.38. The summed E-state index contributed by atoms with van der Waals surface area (Å²) in [5.41, 5.74) is 5.38. The van der Waals surface area contributed by atoms with Gasteiger partial charge in [0, 0.05) is 0 Å². The summed E-state index contributed by atoms with van der Waals surface area (Å²) >= 11 is 0. The molecule has 1 rings (SSSR count). The second-order valence-electron chi connectivity index (χ2n) is 3.86. The van der Waals surface area contributed by atoms with Crippen LogP contribution in [0, 0.1) is 6.92 Å². The van der Waals surface area contributed by atoms with Gasteiger partial charge in [-0.1, -0.05) is 45.0 Å². The van der Waals surface area contributed by atoms with Crippen molar-refractivity contribution in [1.29, 1.82) is 0 Å². The maximum absolute atomic E-state index is 4.15. The highest BCUT2D eigenvalue weighted by molar-refractivity contribution is 5.66. The minimum Gasteiger partial charge on any atom is -0.0952 e. The van der Waals surface area contributed by atoms with Crippen molar-refractivity contribution in [3.63, 3.8) is 0 Å². The van der Waals surface area contributed by atoms with Crippen LogP contribution in [0.5, 0.6) is 0 Å². The Labute approximate surface area is 87.7 Å². The molecule has 0 N–H and O–H groups in total. The molecule has 76 valence electrons. The van der Waals surface area contributed by atoms with Crippen molar-refractivity contribution in [2.75, 3.05) is 0 Å². The quantitative estimate of drug-likeness (QED) is 0.658. The third-order valence-corrected chi connectivity index (χ3v) is 2.64. The van der Waals surface area contributed by atoms with Gasteiger partial charge in [-0.2, -0.15) is 0 Å². The normalized spacial score (nSPS) is 10.2. The molecule has 0 bridgehead atoms. The third kappa shape index (κ3) is 2.47. The van der Waals surface area contributed by atoms with Crippen molar-refractivity contribution in [3.05, 3.63) is 41.5 Å². The maximum Gasteiger partial charge on any atom is -0.0198 e. The van der Waals surface area contributed by atoms with Crippen LogP contribution in [0.2, 0.25) is 0 Å². The fraction of sp³-hybridized carbons (Fsp3) is 0.429. The van der Waals surface area contributed by atoms with E-state index in [0.29, 0.717) is 0 Å². The minimum absolute atomic E-state index is 1.10. The van der Waals surface area contributed by atoms with Crippen molar-refractivity contribution in [1.82, 2.24) is 0 Å². The Bertz CT molecular complexity index is 321. The molecular formula is C14H20. The van der Waals surface area contributed by atoms with E-state index in [1.54, 1.807) is 0 Å². The van der Waals surface area contributed by atoms with Crippen LogP contribution in [0.15, 0.2) is 24.8 Å². The van der Waals surface area contributed by atoms with Crippen LogP contribution in [0.1, 0.15) is 43.4 Å². The van der Waals surface area contributed by atoms with Gasteiger partial charge in [-0.3, -0.25) is 0 Å². The van der Waals surface area contributed by atoms with Crippen LogP contribution in [0.3, 0.4) is 0 Å². The Kier molecular flexibility index (Phi) is 3.94. The van der Waals surface area contributed by atoms with Gasteiger partial charge in [0.15, 0.2) is 0 Å². The fourth-order valence-corrected chi connectivity index (χ4v) is 1.71. The topological polar surface area (TPSA) is 0 Å². The number of allylic oxidation sites excluding steroid dienone is 1. The van der Waals surface area contributed by atoms with Crippen LogP contribution < -0.4 is 0 Å². The molecule has 0 amide bonds. The first-order valence-electron chi connectivity index (χ1n) is 5.46. The lowest BCUT2D eigenvalue weighted by Crippen LogP contribution is -1.90. The summed E-state index contributed by atoms with van der Waals surface area (Å²) < 4.78 is 0. The first kappa shape index (κ1) is 11.0. The largest absolute Gasteiger partial charge is 0.0952 e. The van der Waals surface area contributed by atoms with E-state index in [1.807, 2.05) is 0 Å². The number of rotatable bonds is 4.